The van der Waals surface area contributed by atoms with Crippen LogP contribution in [0.15, 0.2) is 0 Å². The number of carbonyl (C=O) groups is 2. The second-order valence-corrected chi connectivity index (χ2v) is 5.21. The summed E-state index contributed by atoms with van der Waals surface area (Å²) >= 11 is 0. The second-order valence-electron chi connectivity index (χ2n) is 5.21. The number of ether oxygens (including phenoxy) is 2. The van der Waals surface area contributed by atoms with Gasteiger partial charge in [-0.2, -0.15) is 0 Å². The topological polar surface area (TPSA) is 79.9 Å². The summed E-state index contributed by atoms with van der Waals surface area (Å²) in [6.07, 6.45) is 0.319. The van der Waals surface area contributed by atoms with E-state index in [4.69, 9.17) is 4.74 Å². The predicted molar refractivity (Wildman–Crippen MR) is 72.3 cm³/mol. The van der Waals surface area contributed by atoms with E-state index in [1.807, 2.05) is 11.8 Å². The van der Waals surface area contributed by atoms with Crippen LogP contribution in [0.1, 0.15) is 13.3 Å². The molecule has 2 aliphatic rings. The Labute approximate surface area is 119 Å². The summed E-state index contributed by atoms with van der Waals surface area (Å²) in [7, 11) is 1.34. The third kappa shape index (κ3) is 3.40. The highest BCUT2D eigenvalue weighted by Crippen LogP contribution is 2.20. The Hall–Kier alpha value is -1.34. The number of hydrogen-bond donors (Lipinski definition) is 2. The SMILES string of the molecule is CCNC1COCC1C(=O)N1CCC(NC(=O)OC)C1. The summed E-state index contributed by atoms with van der Waals surface area (Å²) in [6.45, 7) is 5.12. The van der Waals surface area contributed by atoms with Gasteiger partial charge in [0.15, 0.2) is 0 Å². The number of rotatable bonds is 4. The van der Waals surface area contributed by atoms with Gasteiger partial charge in [0.1, 0.15) is 0 Å². The standard InChI is InChI=1S/C13H23N3O4/c1-3-14-11-8-20-7-10(11)12(17)16-5-4-9(6-16)15-13(18)19-2/h9-11,14H,3-8H2,1-2H3,(H,15,18). The van der Waals surface area contributed by atoms with Crippen molar-refractivity contribution in [2.45, 2.75) is 25.4 Å². The molecule has 0 bridgehead atoms. The van der Waals surface area contributed by atoms with Crippen molar-refractivity contribution in [3.8, 4) is 0 Å². The zero-order valence-electron chi connectivity index (χ0n) is 12.1. The van der Waals surface area contributed by atoms with Gasteiger partial charge >= 0.3 is 6.09 Å². The number of hydrogen-bond acceptors (Lipinski definition) is 5. The molecule has 0 aliphatic carbocycles. The minimum Gasteiger partial charge on any atom is -0.453 e. The van der Waals surface area contributed by atoms with Crippen LogP contribution in [0.25, 0.3) is 0 Å². The lowest BCUT2D eigenvalue weighted by atomic mass is 10.0. The number of nitrogens with zero attached hydrogens (tertiary/aromatic N) is 1. The van der Waals surface area contributed by atoms with Gasteiger partial charge in [-0.05, 0) is 13.0 Å². The lowest BCUT2D eigenvalue weighted by molar-refractivity contribution is -0.135. The Morgan fingerprint density at radius 3 is 2.90 bits per heavy atom. The molecule has 0 saturated carbocycles. The van der Waals surface area contributed by atoms with Gasteiger partial charge in [0.05, 0.1) is 32.3 Å². The molecule has 2 rings (SSSR count). The molecule has 3 atom stereocenters. The maximum Gasteiger partial charge on any atom is 0.407 e. The Kier molecular flexibility index (Phi) is 5.19. The number of likely N-dealkylation sites (tertiary alicyclic amines) is 1. The van der Waals surface area contributed by atoms with Crippen molar-refractivity contribution < 1.29 is 19.1 Å². The molecular formula is C13H23N3O4. The van der Waals surface area contributed by atoms with E-state index in [0.29, 0.717) is 26.3 Å². The van der Waals surface area contributed by atoms with Crippen LogP contribution in [0.3, 0.4) is 0 Å². The van der Waals surface area contributed by atoms with Crippen LogP contribution in [-0.4, -0.2) is 68.9 Å². The van der Waals surface area contributed by atoms with E-state index >= 15 is 0 Å². The molecule has 2 fully saturated rings. The largest absolute Gasteiger partial charge is 0.453 e. The van der Waals surface area contributed by atoms with Crippen LogP contribution in [0.4, 0.5) is 4.79 Å². The Bertz CT molecular complexity index is 364. The maximum absolute atomic E-state index is 12.5. The minimum absolute atomic E-state index is 0.0219. The summed E-state index contributed by atoms with van der Waals surface area (Å²) in [6, 6.07) is 0.0754. The van der Waals surface area contributed by atoms with Gasteiger partial charge < -0.3 is 25.0 Å². The third-order valence-electron chi connectivity index (χ3n) is 3.87. The molecule has 2 heterocycles. The molecule has 2 saturated heterocycles. The number of amides is 2. The van der Waals surface area contributed by atoms with Crippen LogP contribution in [-0.2, 0) is 14.3 Å². The lowest BCUT2D eigenvalue weighted by Gasteiger charge is -2.24. The van der Waals surface area contributed by atoms with Gasteiger partial charge in [0, 0.05) is 19.1 Å². The van der Waals surface area contributed by atoms with E-state index < -0.39 is 6.09 Å². The molecule has 7 heteroatoms. The zero-order valence-corrected chi connectivity index (χ0v) is 12.1. The normalized spacial score (nSPS) is 29.5. The summed E-state index contributed by atoms with van der Waals surface area (Å²) in [5, 5.41) is 6.03. The highest BCUT2D eigenvalue weighted by atomic mass is 16.5. The molecule has 7 nitrogen and oxygen atoms in total. The quantitative estimate of drug-likeness (QED) is 0.732. The van der Waals surface area contributed by atoms with E-state index in [2.05, 4.69) is 15.4 Å². The number of likely N-dealkylation sites (N-methyl/N-ethyl adjacent to an activating group) is 1. The molecule has 3 unspecified atom stereocenters. The molecular weight excluding hydrogens is 262 g/mol. The highest BCUT2D eigenvalue weighted by Gasteiger charge is 2.38. The van der Waals surface area contributed by atoms with E-state index in [9.17, 15) is 9.59 Å². The van der Waals surface area contributed by atoms with Crippen molar-refractivity contribution in [3.05, 3.63) is 0 Å². The molecule has 20 heavy (non-hydrogen) atoms. The average molecular weight is 285 g/mol. The zero-order chi connectivity index (χ0) is 14.5. The Balaban J connectivity index is 1.86. The van der Waals surface area contributed by atoms with Gasteiger partial charge in [-0.3, -0.25) is 4.79 Å². The van der Waals surface area contributed by atoms with Crippen molar-refractivity contribution in [3.63, 3.8) is 0 Å². The monoisotopic (exact) mass is 285 g/mol. The smallest absolute Gasteiger partial charge is 0.407 e. The van der Waals surface area contributed by atoms with Crippen LogP contribution in [0.2, 0.25) is 0 Å². The van der Waals surface area contributed by atoms with Crippen molar-refractivity contribution in [1.29, 1.82) is 0 Å². The van der Waals surface area contributed by atoms with Crippen LogP contribution < -0.4 is 10.6 Å². The van der Waals surface area contributed by atoms with Gasteiger partial charge in [-0.25, -0.2) is 4.79 Å². The van der Waals surface area contributed by atoms with Crippen molar-refractivity contribution in [2.24, 2.45) is 5.92 Å². The molecule has 2 amide bonds. The molecule has 2 N–H and O–H groups in total. The first-order valence-electron chi connectivity index (χ1n) is 7.10. The maximum atomic E-state index is 12.5. The Morgan fingerprint density at radius 1 is 1.40 bits per heavy atom. The molecule has 0 aromatic carbocycles. The van der Waals surface area contributed by atoms with E-state index in [1.54, 1.807) is 0 Å². The molecule has 0 radical (unpaired) electrons. The lowest BCUT2D eigenvalue weighted by Crippen LogP contribution is -2.46. The van der Waals surface area contributed by atoms with Crippen LogP contribution in [0.5, 0.6) is 0 Å². The fourth-order valence-electron chi connectivity index (χ4n) is 2.80. The van der Waals surface area contributed by atoms with Crippen molar-refractivity contribution >= 4 is 12.0 Å². The van der Waals surface area contributed by atoms with Crippen LogP contribution in [0, 0.1) is 5.92 Å². The second kappa shape index (κ2) is 6.90. The van der Waals surface area contributed by atoms with E-state index in [1.165, 1.54) is 7.11 Å². The average Bonchev–Trinajstić information content (AvgIpc) is 3.07. The molecule has 0 aromatic rings. The predicted octanol–water partition coefficient (Wildman–Crippen LogP) is -0.432. The summed E-state index contributed by atoms with van der Waals surface area (Å²) in [4.78, 5) is 25.5. The first kappa shape index (κ1) is 15.1. The summed E-state index contributed by atoms with van der Waals surface area (Å²) in [5.41, 5.74) is 0. The first-order valence-corrected chi connectivity index (χ1v) is 7.10. The number of alkyl carbamates (subject to hydrolysis) is 1. The van der Waals surface area contributed by atoms with E-state index in [0.717, 1.165) is 13.0 Å². The third-order valence-corrected chi connectivity index (χ3v) is 3.87. The number of methoxy groups -OCH3 is 1. The molecule has 114 valence electrons. The number of carbonyl (C=O) groups excluding carboxylic acids is 2. The fourth-order valence-corrected chi connectivity index (χ4v) is 2.80. The van der Waals surface area contributed by atoms with Gasteiger partial charge in [0.25, 0.3) is 0 Å². The van der Waals surface area contributed by atoms with Crippen LogP contribution >= 0.6 is 0 Å². The molecule has 0 aromatic heterocycles. The number of nitrogens with one attached hydrogen (secondary N) is 2. The van der Waals surface area contributed by atoms with Gasteiger partial charge in [-0.1, -0.05) is 6.92 Å². The highest BCUT2D eigenvalue weighted by molar-refractivity contribution is 5.80. The molecule has 0 spiro atoms. The van der Waals surface area contributed by atoms with Gasteiger partial charge in [0.2, 0.25) is 5.91 Å². The van der Waals surface area contributed by atoms with Crippen molar-refractivity contribution in [2.75, 3.05) is 40.0 Å². The fraction of sp³-hybridized carbons (Fsp3) is 0.846. The first-order chi connectivity index (χ1) is 9.65. The minimum atomic E-state index is -0.445. The summed E-state index contributed by atoms with van der Waals surface area (Å²) < 4.78 is 9.99. The van der Waals surface area contributed by atoms with Crippen molar-refractivity contribution in [1.82, 2.24) is 15.5 Å². The summed E-state index contributed by atoms with van der Waals surface area (Å²) in [5.74, 6) is -0.00515. The van der Waals surface area contributed by atoms with E-state index in [-0.39, 0.29) is 23.9 Å². The van der Waals surface area contributed by atoms with Gasteiger partial charge in [-0.15, -0.1) is 0 Å². The Morgan fingerprint density at radius 2 is 2.20 bits per heavy atom. The molecule has 2 aliphatic heterocycles.